The van der Waals surface area contributed by atoms with Crippen molar-refractivity contribution < 1.29 is 5.11 Å². The van der Waals surface area contributed by atoms with Gasteiger partial charge in [0.05, 0.1) is 16.4 Å². The van der Waals surface area contributed by atoms with E-state index in [1.807, 2.05) is 4.68 Å². The minimum absolute atomic E-state index is 0.0647. The molecule has 0 spiro atoms. The average molecular weight is 273 g/mol. The zero-order chi connectivity index (χ0) is 11.2. The van der Waals surface area contributed by atoms with Gasteiger partial charge < -0.3 is 5.11 Å². The lowest BCUT2D eigenvalue weighted by Gasteiger charge is -2.21. The van der Waals surface area contributed by atoms with E-state index in [9.17, 15) is 5.11 Å². The largest absolute Gasteiger partial charge is 0.386 e. The molecule has 4 heteroatoms. The summed E-state index contributed by atoms with van der Waals surface area (Å²) in [7, 11) is 0. The third-order valence-electron chi connectivity index (χ3n) is 3.23. The van der Waals surface area contributed by atoms with Crippen molar-refractivity contribution in [2.45, 2.75) is 45.8 Å². The molecular formula is C11H17BrN2O. The number of nitrogens with zero attached hydrogens (tertiary/aromatic N) is 2. The van der Waals surface area contributed by atoms with Crippen LogP contribution in [0, 0.1) is 5.41 Å². The van der Waals surface area contributed by atoms with Crippen LogP contribution < -0.4 is 0 Å². The molecule has 1 heterocycles. The first-order valence-corrected chi connectivity index (χ1v) is 6.16. The Balaban J connectivity index is 2.37. The van der Waals surface area contributed by atoms with Crippen LogP contribution in [0.15, 0.2) is 10.7 Å². The fourth-order valence-electron chi connectivity index (χ4n) is 1.82. The van der Waals surface area contributed by atoms with Gasteiger partial charge in [-0.1, -0.05) is 6.92 Å². The second-order valence-corrected chi connectivity index (χ2v) is 5.83. The van der Waals surface area contributed by atoms with Gasteiger partial charge in [0.1, 0.15) is 6.10 Å². The van der Waals surface area contributed by atoms with Crippen molar-refractivity contribution in [3.63, 3.8) is 0 Å². The Labute approximate surface area is 98.6 Å². The van der Waals surface area contributed by atoms with Crippen molar-refractivity contribution in [3.05, 3.63) is 16.4 Å². The molecule has 0 saturated heterocycles. The van der Waals surface area contributed by atoms with Crippen LogP contribution >= 0.6 is 15.9 Å². The van der Waals surface area contributed by atoms with Crippen LogP contribution in [0.5, 0.6) is 0 Å². The summed E-state index contributed by atoms with van der Waals surface area (Å²) in [6, 6.07) is 0.281. The number of halogens is 1. The third-order valence-corrected chi connectivity index (χ3v) is 3.84. The Morgan fingerprint density at radius 2 is 2.13 bits per heavy atom. The highest BCUT2D eigenvalue weighted by Gasteiger charge is 2.46. The maximum absolute atomic E-state index is 10.3. The standard InChI is InChI=1S/C11H17BrN2O/c1-7(2)14-9(8(12)6-13-14)10(15)11(3)4-5-11/h6-7,10,15H,4-5H2,1-3H3. The van der Waals surface area contributed by atoms with Crippen molar-refractivity contribution in [1.29, 1.82) is 0 Å². The Hall–Kier alpha value is -0.350. The van der Waals surface area contributed by atoms with E-state index in [2.05, 4.69) is 41.8 Å². The predicted molar refractivity (Wildman–Crippen MR) is 62.6 cm³/mol. The molecule has 1 aromatic rings. The summed E-state index contributed by atoms with van der Waals surface area (Å²) in [5, 5.41) is 14.6. The van der Waals surface area contributed by atoms with Crippen LogP contribution in [-0.2, 0) is 0 Å². The smallest absolute Gasteiger partial charge is 0.102 e. The molecule has 1 aromatic heterocycles. The summed E-state index contributed by atoms with van der Waals surface area (Å²) >= 11 is 3.46. The van der Waals surface area contributed by atoms with Crippen molar-refractivity contribution in [2.24, 2.45) is 5.41 Å². The van der Waals surface area contributed by atoms with Crippen molar-refractivity contribution in [2.75, 3.05) is 0 Å². The normalized spacial score (nSPS) is 20.7. The molecule has 2 rings (SSSR count). The molecule has 1 N–H and O–H groups in total. The molecule has 0 bridgehead atoms. The summed E-state index contributed by atoms with van der Waals surface area (Å²) < 4.78 is 2.81. The summed E-state index contributed by atoms with van der Waals surface area (Å²) in [6.45, 7) is 6.28. The van der Waals surface area contributed by atoms with E-state index in [0.29, 0.717) is 0 Å². The van der Waals surface area contributed by atoms with Crippen LogP contribution in [0.25, 0.3) is 0 Å². The monoisotopic (exact) mass is 272 g/mol. The van der Waals surface area contributed by atoms with E-state index < -0.39 is 6.10 Å². The zero-order valence-electron chi connectivity index (χ0n) is 9.37. The maximum Gasteiger partial charge on any atom is 0.102 e. The number of aromatic nitrogens is 2. The van der Waals surface area contributed by atoms with E-state index in [1.165, 1.54) is 0 Å². The second-order valence-electron chi connectivity index (χ2n) is 4.97. The molecular weight excluding hydrogens is 256 g/mol. The lowest BCUT2D eigenvalue weighted by molar-refractivity contribution is 0.0921. The van der Waals surface area contributed by atoms with Crippen molar-refractivity contribution in [3.8, 4) is 0 Å². The molecule has 1 aliphatic rings. The number of hydrogen-bond acceptors (Lipinski definition) is 2. The summed E-state index contributed by atoms with van der Waals surface area (Å²) in [4.78, 5) is 0. The van der Waals surface area contributed by atoms with E-state index in [0.717, 1.165) is 23.0 Å². The van der Waals surface area contributed by atoms with Gasteiger partial charge in [-0.3, -0.25) is 4.68 Å². The quantitative estimate of drug-likeness (QED) is 0.919. The fraction of sp³-hybridized carbons (Fsp3) is 0.727. The first kappa shape index (κ1) is 11.1. The summed E-state index contributed by atoms with van der Waals surface area (Å²) in [5.41, 5.74) is 0.986. The van der Waals surface area contributed by atoms with Crippen LogP contribution in [0.2, 0.25) is 0 Å². The Morgan fingerprint density at radius 1 is 1.53 bits per heavy atom. The van der Waals surface area contributed by atoms with E-state index in [4.69, 9.17) is 0 Å². The summed E-state index contributed by atoms with van der Waals surface area (Å²) in [6.07, 6.45) is 3.56. The molecule has 3 nitrogen and oxygen atoms in total. The number of hydrogen-bond donors (Lipinski definition) is 1. The topological polar surface area (TPSA) is 38.0 Å². The van der Waals surface area contributed by atoms with Crippen LogP contribution in [0.4, 0.5) is 0 Å². The van der Waals surface area contributed by atoms with Gasteiger partial charge in [0.15, 0.2) is 0 Å². The maximum atomic E-state index is 10.3. The molecule has 0 amide bonds. The molecule has 0 radical (unpaired) electrons. The van der Waals surface area contributed by atoms with E-state index >= 15 is 0 Å². The highest BCUT2D eigenvalue weighted by Crippen LogP contribution is 2.55. The Kier molecular flexibility index (Phi) is 2.67. The molecule has 1 unspecified atom stereocenters. The molecule has 84 valence electrons. The number of aliphatic hydroxyl groups excluding tert-OH is 1. The molecule has 1 atom stereocenters. The van der Waals surface area contributed by atoms with Crippen LogP contribution in [0.1, 0.15) is 51.5 Å². The van der Waals surface area contributed by atoms with Gasteiger partial charge in [0, 0.05) is 6.04 Å². The Morgan fingerprint density at radius 3 is 2.60 bits per heavy atom. The van der Waals surface area contributed by atoms with Crippen LogP contribution in [0.3, 0.4) is 0 Å². The van der Waals surface area contributed by atoms with Crippen molar-refractivity contribution >= 4 is 15.9 Å². The van der Waals surface area contributed by atoms with E-state index in [-0.39, 0.29) is 11.5 Å². The third kappa shape index (κ3) is 1.85. The van der Waals surface area contributed by atoms with Gasteiger partial charge in [-0.25, -0.2) is 0 Å². The van der Waals surface area contributed by atoms with Crippen molar-refractivity contribution in [1.82, 2.24) is 9.78 Å². The SMILES string of the molecule is CC(C)n1ncc(Br)c1C(O)C1(C)CC1. The van der Waals surface area contributed by atoms with Gasteiger partial charge >= 0.3 is 0 Å². The summed E-state index contributed by atoms with van der Waals surface area (Å²) in [5.74, 6) is 0. The first-order valence-electron chi connectivity index (χ1n) is 5.37. The minimum atomic E-state index is -0.406. The zero-order valence-corrected chi connectivity index (χ0v) is 11.0. The number of rotatable bonds is 3. The predicted octanol–water partition coefficient (Wildman–Crippen LogP) is 3.06. The second kappa shape index (κ2) is 3.59. The van der Waals surface area contributed by atoms with Gasteiger partial charge in [-0.15, -0.1) is 0 Å². The molecule has 1 aliphatic carbocycles. The minimum Gasteiger partial charge on any atom is -0.386 e. The molecule has 0 aromatic carbocycles. The average Bonchev–Trinajstić information content (AvgIpc) is 2.78. The molecule has 1 saturated carbocycles. The molecule has 0 aliphatic heterocycles. The first-order chi connectivity index (χ1) is 6.96. The van der Waals surface area contributed by atoms with Gasteiger partial charge in [0.25, 0.3) is 0 Å². The lowest BCUT2D eigenvalue weighted by Crippen LogP contribution is -2.17. The molecule has 1 fully saturated rings. The van der Waals surface area contributed by atoms with Gasteiger partial charge in [-0.05, 0) is 48.0 Å². The fourth-order valence-corrected chi connectivity index (χ4v) is 2.31. The Bertz CT molecular complexity index is 369. The highest BCUT2D eigenvalue weighted by atomic mass is 79.9. The number of aliphatic hydroxyl groups is 1. The highest BCUT2D eigenvalue weighted by molar-refractivity contribution is 9.10. The molecule has 15 heavy (non-hydrogen) atoms. The van der Waals surface area contributed by atoms with E-state index in [1.54, 1.807) is 6.20 Å². The van der Waals surface area contributed by atoms with Gasteiger partial charge in [0.2, 0.25) is 0 Å². The lowest BCUT2D eigenvalue weighted by atomic mass is 9.99. The van der Waals surface area contributed by atoms with Gasteiger partial charge in [-0.2, -0.15) is 5.10 Å². The van der Waals surface area contributed by atoms with Crippen LogP contribution in [-0.4, -0.2) is 14.9 Å².